The molecule has 2 atom stereocenters. The smallest absolute Gasteiger partial charge is 0.306 e. The third-order valence-electron chi connectivity index (χ3n) is 9.21. The van der Waals surface area contributed by atoms with Gasteiger partial charge in [-0.25, -0.2) is 0 Å². The molecule has 9 nitrogen and oxygen atoms in total. The van der Waals surface area contributed by atoms with E-state index in [0.717, 1.165) is 83.5 Å². The van der Waals surface area contributed by atoms with Crippen LogP contribution in [0.25, 0.3) is 0 Å². The Morgan fingerprint density at radius 1 is 0.552 bits per heavy atom. The molecule has 0 saturated heterocycles. The summed E-state index contributed by atoms with van der Waals surface area (Å²) >= 11 is 0. The molecule has 0 bridgehead atoms. The van der Waals surface area contributed by atoms with Crippen molar-refractivity contribution in [3.63, 3.8) is 0 Å². The van der Waals surface area contributed by atoms with Crippen LogP contribution in [0, 0.1) is 0 Å². The number of carbonyl (C=O) groups excluding carboxylic acids is 2. The zero-order valence-corrected chi connectivity index (χ0v) is 38.4. The number of allylic oxidation sites excluding steroid dienone is 12. The molecule has 334 valence electrons. The Hall–Kier alpha value is -2.55. The summed E-state index contributed by atoms with van der Waals surface area (Å²) in [5, 5.41) is 0. The van der Waals surface area contributed by atoms with E-state index in [4.69, 9.17) is 18.5 Å². The minimum absolute atomic E-state index is 0.0414. The molecule has 0 aromatic carbocycles. The second-order valence-electron chi connectivity index (χ2n) is 16.0. The van der Waals surface area contributed by atoms with Crippen LogP contribution in [0.4, 0.5) is 0 Å². The lowest BCUT2D eigenvalue weighted by Gasteiger charge is -2.28. The van der Waals surface area contributed by atoms with Crippen molar-refractivity contribution in [1.82, 2.24) is 0 Å². The molecule has 0 spiro atoms. The summed E-state index contributed by atoms with van der Waals surface area (Å²) in [7, 11) is 1.13. The van der Waals surface area contributed by atoms with Crippen molar-refractivity contribution in [3.8, 4) is 0 Å². The van der Waals surface area contributed by atoms with Crippen LogP contribution in [-0.4, -0.2) is 70.0 Å². The molecule has 0 amide bonds. The van der Waals surface area contributed by atoms with E-state index in [-0.39, 0.29) is 26.1 Å². The molecule has 0 aliphatic carbocycles. The van der Waals surface area contributed by atoms with Crippen LogP contribution in [0.1, 0.15) is 168 Å². The molecule has 0 saturated carbocycles. The van der Waals surface area contributed by atoms with Crippen LogP contribution in [0.3, 0.4) is 0 Å². The Bertz CT molecular complexity index is 1220. The van der Waals surface area contributed by atoms with E-state index >= 15 is 0 Å². The number of phosphoric acid groups is 1. The highest BCUT2D eigenvalue weighted by molar-refractivity contribution is 7.45. The van der Waals surface area contributed by atoms with Gasteiger partial charge in [-0.2, -0.15) is 0 Å². The first kappa shape index (κ1) is 55.5. The van der Waals surface area contributed by atoms with Gasteiger partial charge in [-0.3, -0.25) is 14.2 Å². The topological polar surface area (TPSA) is 111 Å². The Morgan fingerprint density at radius 2 is 0.983 bits per heavy atom. The molecular formula is C48H84NO8P. The van der Waals surface area contributed by atoms with E-state index in [0.29, 0.717) is 23.9 Å². The quantitative estimate of drug-likeness (QED) is 0.0197. The van der Waals surface area contributed by atoms with Crippen LogP contribution in [0.2, 0.25) is 0 Å². The normalized spacial score (nSPS) is 14.2. The SMILES string of the molecule is CC/C=C/C/C=C/C/C=C/C/C=C/C/C=C/CCCCCC(=O)OC[C@H](COP(=O)([O-])OCC[N+](C)(C)C)OC(=O)CCCCCCC/C=C/CCCCCCCC. The monoisotopic (exact) mass is 834 g/mol. The largest absolute Gasteiger partial charge is 0.756 e. The average molecular weight is 834 g/mol. The fourth-order valence-corrected chi connectivity index (χ4v) is 6.40. The number of quaternary nitrogens is 1. The second-order valence-corrected chi connectivity index (χ2v) is 17.4. The molecule has 0 aliphatic rings. The predicted molar refractivity (Wildman–Crippen MR) is 240 cm³/mol. The first-order valence-electron chi connectivity index (χ1n) is 22.6. The maximum atomic E-state index is 12.7. The molecule has 0 aliphatic heterocycles. The second kappa shape index (κ2) is 39.9. The highest BCUT2D eigenvalue weighted by Gasteiger charge is 2.21. The van der Waals surface area contributed by atoms with Crippen LogP contribution < -0.4 is 4.89 Å². The maximum Gasteiger partial charge on any atom is 0.306 e. The number of hydrogen-bond donors (Lipinski definition) is 0. The van der Waals surface area contributed by atoms with Crippen molar-refractivity contribution in [3.05, 3.63) is 72.9 Å². The lowest BCUT2D eigenvalue weighted by Crippen LogP contribution is -2.37. The number of rotatable bonds is 40. The minimum atomic E-state index is -4.64. The summed E-state index contributed by atoms with van der Waals surface area (Å²) < 4.78 is 33.9. The zero-order valence-electron chi connectivity index (χ0n) is 37.5. The highest BCUT2D eigenvalue weighted by atomic mass is 31.2. The van der Waals surface area contributed by atoms with E-state index in [1.165, 1.54) is 44.9 Å². The van der Waals surface area contributed by atoms with Gasteiger partial charge in [0.05, 0.1) is 27.7 Å². The van der Waals surface area contributed by atoms with Crippen molar-refractivity contribution in [2.45, 2.75) is 174 Å². The number of likely N-dealkylation sites (N-methyl/N-ethyl adjacent to an activating group) is 1. The first-order chi connectivity index (χ1) is 28.0. The summed E-state index contributed by atoms with van der Waals surface area (Å²) in [5.74, 6) is -0.887. The molecular weight excluding hydrogens is 750 g/mol. The van der Waals surface area contributed by atoms with Crippen molar-refractivity contribution in [2.75, 3.05) is 47.5 Å². The van der Waals surface area contributed by atoms with E-state index in [1.807, 2.05) is 21.1 Å². The molecule has 10 heteroatoms. The Kier molecular flexibility index (Phi) is 38.1. The van der Waals surface area contributed by atoms with Crippen molar-refractivity contribution in [1.29, 1.82) is 0 Å². The summed E-state index contributed by atoms with van der Waals surface area (Å²) in [4.78, 5) is 37.6. The molecule has 0 N–H and O–H groups in total. The Labute approximate surface area is 355 Å². The van der Waals surface area contributed by atoms with E-state index in [2.05, 4.69) is 86.8 Å². The summed E-state index contributed by atoms with van der Waals surface area (Å²) in [6.45, 7) is 4.04. The van der Waals surface area contributed by atoms with E-state index in [1.54, 1.807) is 0 Å². The molecule has 0 rings (SSSR count). The summed E-state index contributed by atoms with van der Waals surface area (Å²) in [6.07, 6.45) is 49.3. The van der Waals surface area contributed by atoms with Gasteiger partial charge in [0.1, 0.15) is 19.8 Å². The van der Waals surface area contributed by atoms with Crippen molar-refractivity contribution in [2.24, 2.45) is 0 Å². The van der Waals surface area contributed by atoms with Gasteiger partial charge in [0.2, 0.25) is 0 Å². The zero-order chi connectivity index (χ0) is 42.8. The fourth-order valence-electron chi connectivity index (χ4n) is 5.67. The van der Waals surface area contributed by atoms with Gasteiger partial charge in [0, 0.05) is 12.8 Å². The van der Waals surface area contributed by atoms with Crippen LogP contribution in [0.5, 0.6) is 0 Å². The molecule has 0 fully saturated rings. The number of ether oxygens (including phenoxy) is 2. The number of phosphoric ester groups is 1. The third-order valence-corrected chi connectivity index (χ3v) is 10.2. The minimum Gasteiger partial charge on any atom is -0.756 e. The third kappa shape index (κ3) is 43.0. The maximum absolute atomic E-state index is 12.7. The van der Waals surface area contributed by atoms with Gasteiger partial charge in [0.25, 0.3) is 7.82 Å². The predicted octanol–water partition coefficient (Wildman–Crippen LogP) is 12.4. The molecule has 0 radical (unpaired) electrons. The molecule has 0 aromatic heterocycles. The van der Waals surface area contributed by atoms with Crippen LogP contribution in [-0.2, 0) is 32.7 Å². The summed E-state index contributed by atoms with van der Waals surface area (Å²) in [6, 6.07) is 0. The number of carbonyl (C=O) groups is 2. The lowest BCUT2D eigenvalue weighted by molar-refractivity contribution is -0.870. The lowest BCUT2D eigenvalue weighted by atomic mass is 10.1. The van der Waals surface area contributed by atoms with Crippen LogP contribution in [0.15, 0.2) is 72.9 Å². The first-order valence-corrected chi connectivity index (χ1v) is 24.1. The van der Waals surface area contributed by atoms with Gasteiger partial charge in [-0.1, -0.05) is 145 Å². The highest BCUT2D eigenvalue weighted by Crippen LogP contribution is 2.38. The van der Waals surface area contributed by atoms with Gasteiger partial charge in [-0.05, 0) is 83.5 Å². The van der Waals surface area contributed by atoms with Gasteiger partial charge in [0.15, 0.2) is 6.10 Å². The van der Waals surface area contributed by atoms with Crippen molar-refractivity contribution < 1.29 is 42.1 Å². The molecule has 0 heterocycles. The van der Waals surface area contributed by atoms with E-state index in [9.17, 15) is 19.0 Å². The number of hydrogen-bond acceptors (Lipinski definition) is 8. The standard InChI is InChI=1S/C48H84NO8P/c1-6-8-10-12-14-16-18-20-22-23-24-25-27-28-30-32-34-36-38-40-47(50)54-44-46(45-56-58(52,53)55-43-42-49(3,4)5)57-48(51)41-39-37-35-33-31-29-26-21-19-17-15-13-11-9-7-2/h8,10,14,16,20-22,24-26,28,30,46H,6-7,9,11-13,15,17-19,23,27,29,31-45H2,1-5H3/b10-8+,16-14+,22-20+,25-24+,26-21+,30-28+/t46-/m1/s1. The Morgan fingerprint density at radius 3 is 1.50 bits per heavy atom. The van der Waals surface area contributed by atoms with E-state index < -0.39 is 32.5 Å². The molecule has 0 aromatic rings. The molecule has 1 unspecified atom stereocenters. The van der Waals surface area contributed by atoms with Gasteiger partial charge in [-0.15, -0.1) is 0 Å². The number of unbranched alkanes of at least 4 members (excludes halogenated alkanes) is 14. The number of esters is 2. The average Bonchev–Trinajstić information content (AvgIpc) is 3.17. The fraction of sp³-hybridized carbons (Fsp3) is 0.708. The molecule has 58 heavy (non-hydrogen) atoms. The van der Waals surface area contributed by atoms with Crippen molar-refractivity contribution >= 4 is 19.8 Å². The Balaban J connectivity index is 4.43. The summed E-state index contributed by atoms with van der Waals surface area (Å²) in [5.41, 5.74) is 0. The van der Waals surface area contributed by atoms with Gasteiger partial charge >= 0.3 is 11.9 Å². The van der Waals surface area contributed by atoms with Gasteiger partial charge < -0.3 is 27.9 Å². The number of nitrogens with zero attached hydrogens (tertiary/aromatic N) is 1. The van der Waals surface area contributed by atoms with Crippen LogP contribution >= 0.6 is 7.82 Å².